The summed E-state index contributed by atoms with van der Waals surface area (Å²) < 4.78 is 41.4. The maximum absolute atomic E-state index is 13.0. The molecule has 2 saturated heterocycles. The van der Waals surface area contributed by atoms with Crippen LogP contribution >= 0.6 is 7.82 Å². The topological polar surface area (TPSA) is 161 Å². The molecule has 0 saturated carbocycles. The standard InChI is InChI=1S/C19H30N3O9P/c1-11(2)29-16(24)12(3)6-5-9-27-32(26)28-10-13-15(31-32)19(4,20)17(30-13)22-8-7-14(23)21-18(22)25/h7-8,11-13,15,17H,5-6,9-10,20H2,1-4H3,(H,21,23,25)/t12?,13-,15-,17-,19-,32+/m1/s1. The molecule has 0 bridgehead atoms. The van der Waals surface area contributed by atoms with Gasteiger partial charge in [0.25, 0.3) is 5.56 Å². The molecule has 0 spiro atoms. The molecule has 0 amide bonds. The van der Waals surface area contributed by atoms with Crippen LogP contribution in [0, 0.1) is 5.92 Å². The first kappa shape index (κ1) is 24.8. The van der Waals surface area contributed by atoms with Crippen LogP contribution < -0.4 is 17.0 Å². The molecule has 32 heavy (non-hydrogen) atoms. The number of H-pyrrole nitrogens is 1. The van der Waals surface area contributed by atoms with E-state index in [1.165, 1.54) is 12.3 Å². The zero-order valence-corrected chi connectivity index (χ0v) is 19.4. The first-order valence-corrected chi connectivity index (χ1v) is 11.9. The molecular formula is C19H30N3O9P. The molecule has 1 unspecified atom stereocenters. The number of nitrogens with two attached hydrogens (primary N) is 1. The second kappa shape index (κ2) is 9.58. The molecule has 13 heteroatoms. The van der Waals surface area contributed by atoms with Crippen LogP contribution in [0.4, 0.5) is 0 Å². The number of carbonyl (C=O) groups excluding carboxylic acids is 1. The maximum atomic E-state index is 13.0. The number of phosphoric ester groups is 1. The summed E-state index contributed by atoms with van der Waals surface area (Å²) in [5.41, 5.74) is 3.90. The number of rotatable bonds is 8. The first-order valence-electron chi connectivity index (χ1n) is 10.5. The number of ether oxygens (including phenoxy) is 2. The molecule has 1 aromatic rings. The summed E-state index contributed by atoms with van der Waals surface area (Å²) in [6.45, 7) is 6.83. The lowest BCUT2D eigenvalue weighted by Crippen LogP contribution is -2.55. The predicted octanol–water partition coefficient (Wildman–Crippen LogP) is 1.06. The molecular weight excluding hydrogens is 445 g/mol. The molecule has 3 N–H and O–H groups in total. The van der Waals surface area contributed by atoms with E-state index in [2.05, 4.69) is 4.98 Å². The van der Waals surface area contributed by atoms with Gasteiger partial charge in [0, 0.05) is 12.3 Å². The Kier molecular flexibility index (Phi) is 7.43. The lowest BCUT2D eigenvalue weighted by molar-refractivity contribution is -0.152. The minimum atomic E-state index is -3.93. The third-order valence-electron chi connectivity index (χ3n) is 5.32. The van der Waals surface area contributed by atoms with E-state index >= 15 is 0 Å². The fourth-order valence-electron chi connectivity index (χ4n) is 3.64. The van der Waals surface area contributed by atoms with Crippen molar-refractivity contribution in [3.8, 4) is 0 Å². The Morgan fingerprint density at radius 3 is 2.78 bits per heavy atom. The average molecular weight is 475 g/mol. The number of esters is 1. The highest BCUT2D eigenvalue weighted by molar-refractivity contribution is 7.48. The Morgan fingerprint density at radius 2 is 2.12 bits per heavy atom. The largest absolute Gasteiger partial charge is 0.475 e. The number of nitrogens with zero attached hydrogens (tertiary/aromatic N) is 1. The lowest BCUT2D eigenvalue weighted by Gasteiger charge is -2.35. The summed E-state index contributed by atoms with van der Waals surface area (Å²) in [6.07, 6.45) is -0.557. The van der Waals surface area contributed by atoms with E-state index in [-0.39, 0.29) is 31.2 Å². The van der Waals surface area contributed by atoms with Gasteiger partial charge in [-0.2, -0.15) is 0 Å². The van der Waals surface area contributed by atoms with Crippen molar-refractivity contribution in [2.75, 3.05) is 13.2 Å². The van der Waals surface area contributed by atoms with Gasteiger partial charge >= 0.3 is 19.5 Å². The Morgan fingerprint density at radius 1 is 1.41 bits per heavy atom. The van der Waals surface area contributed by atoms with Crippen LogP contribution in [0.25, 0.3) is 0 Å². The number of phosphoric acid groups is 1. The quantitative estimate of drug-likeness (QED) is 0.316. The monoisotopic (exact) mass is 475 g/mol. The third-order valence-corrected chi connectivity index (χ3v) is 6.76. The summed E-state index contributed by atoms with van der Waals surface area (Å²) in [5.74, 6) is -0.628. The highest BCUT2D eigenvalue weighted by Crippen LogP contribution is 2.58. The normalized spacial score (nSPS) is 33.1. The molecule has 3 heterocycles. The van der Waals surface area contributed by atoms with Crippen LogP contribution in [-0.4, -0.2) is 52.6 Å². The summed E-state index contributed by atoms with van der Waals surface area (Å²) in [7, 11) is -3.93. The number of nitrogens with one attached hydrogen (secondary N) is 1. The van der Waals surface area contributed by atoms with Gasteiger partial charge in [-0.05, 0) is 33.6 Å². The minimum absolute atomic E-state index is 0.0406. The summed E-state index contributed by atoms with van der Waals surface area (Å²) >= 11 is 0. The van der Waals surface area contributed by atoms with Crippen LogP contribution in [-0.2, 0) is 32.4 Å². The summed E-state index contributed by atoms with van der Waals surface area (Å²) in [4.78, 5) is 37.5. The van der Waals surface area contributed by atoms with Gasteiger partial charge in [-0.25, -0.2) is 9.36 Å². The van der Waals surface area contributed by atoms with Crippen molar-refractivity contribution in [2.45, 2.75) is 70.6 Å². The molecule has 12 nitrogen and oxygen atoms in total. The van der Waals surface area contributed by atoms with E-state index < -0.39 is 43.0 Å². The lowest BCUT2D eigenvalue weighted by atomic mass is 9.93. The fraction of sp³-hybridized carbons (Fsp3) is 0.737. The van der Waals surface area contributed by atoms with Crippen molar-refractivity contribution in [3.05, 3.63) is 33.1 Å². The van der Waals surface area contributed by atoms with Gasteiger partial charge in [-0.1, -0.05) is 6.92 Å². The van der Waals surface area contributed by atoms with Gasteiger partial charge < -0.3 is 15.2 Å². The van der Waals surface area contributed by atoms with Gasteiger partial charge in [-0.15, -0.1) is 0 Å². The Labute approximate surface area is 184 Å². The molecule has 2 aliphatic heterocycles. The summed E-state index contributed by atoms with van der Waals surface area (Å²) in [6, 6.07) is 1.17. The average Bonchev–Trinajstić information content (AvgIpc) is 2.95. The van der Waals surface area contributed by atoms with E-state index in [1.807, 2.05) is 0 Å². The van der Waals surface area contributed by atoms with Crippen LogP contribution in [0.3, 0.4) is 0 Å². The minimum Gasteiger partial charge on any atom is -0.463 e. The van der Waals surface area contributed by atoms with Crippen molar-refractivity contribution in [3.63, 3.8) is 0 Å². The number of aromatic amines is 1. The predicted molar refractivity (Wildman–Crippen MR) is 112 cm³/mol. The van der Waals surface area contributed by atoms with Gasteiger partial charge in [0.05, 0.1) is 30.8 Å². The molecule has 180 valence electrons. The van der Waals surface area contributed by atoms with Crippen molar-refractivity contribution in [1.29, 1.82) is 0 Å². The van der Waals surface area contributed by atoms with Crippen LogP contribution in [0.15, 0.2) is 21.9 Å². The molecule has 2 fully saturated rings. The number of hydrogen-bond donors (Lipinski definition) is 2. The number of fused-ring (bicyclic) bond motifs is 1. The molecule has 2 aliphatic rings. The molecule has 0 aromatic carbocycles. The van der Waals surface area contributed by atoms with E-state index in [1.54, 1.807) is 27.7 Å². The number of hydrogen-bond acceptors (Lipinski definition) is 10. The molecule has 1 aromatic heterocycles. The van der Waals surface area contributed by atoms with Gasteiger partial charge in [-0.3, -0.25) is 32.7 Å². The molecule has 0 aliphatic carbocycles. The smallest absolute Gasteiger partial charge is 0.463 e. The van der Waals surface area contributed by atoms with Crippen LogP contribution in [0.1, 0.15) is 46.8 Å². The highest BCUT2D eigenvalue weighted by atomic mass is 31.2. The van der Waals surface area contributed by atoms with E-state index in [4.69, 9.17) is 28.8 Å². The zero-order valence-electron chi connectivity index (χ0n) is 18.5. The maximum Gasteiger partial charge on any atom is 0.475 e. The van der Waals surface area contributed by atoms with Gasteiger partial charge in [0.2, 0.25) is 0 Å². The van der Waals surface area contributed by atoms with Crippen LogP contribution in [0.5, 0.6) is 0 Å². The Bertz CT molecular complexity index is 989. The van der Waals surface area contributed by atoms with Crippen molar-refractivity contribution in [1.82, 2.24) is 9.55 Å². The number of carbonyl (C=O) groups is 1. The fourth-order valence-corrected chi connectivity index (χ4v) is 5.16. The second-order valence-corrected chi connectivity index (χ2v) is 10.2. The van der Waals surface area contributed by atoms with E-state index in [9.17, 15) is 18.9 Å². The highest BCUT2D eigenvalue weighted by Gasteiger charge is 2.59. The first-order chi connectivity index (χ1) is 14.9. The zero-order chi connectivity index (χ0) is 23.7. The van der Waals surface area contributed by atoms with Crippen molar-refractivity contribution in [2.24, 2.45) is 11.7 Å². The summed E-state index contributed by atoms with van der Waals surface area (Å²) in [5, 5.41) is 0. The van der Waals surface area contributed by atoms with Gasteiger partial charge in [0.15, 0.2) is 6.23 Å². The SMILES string of the molecule is CC(C)OC(=O)C(C)CCCO[P@@]1(=O)OC[C@H]2O[C@@H](n3ccc(=O)[nH]c3=O)[C@](C)(N)[C@@H]2O1. The number of aromatic nitrogens is 2. The molecule has 6 atom stereocenters. The van der Waals surface area contributed by atoms with Crippen molar-refractivity contribution < 1.29 is 32.4 Å². The second-order valence-electron chi connectivity index (χ2n) is 8.54. The van der Waals surface area contributed by atoms with Crippen LogP contribution in [0.2, 0.25) is 0 Å². The Hall–Kier alpha value is -1.82. The molecule has 0 radical (unpaired) electrons. The van der Waals surface area contributed by atoms with E-state index in [0.717, 1.165) is 4.57 Å². The van der Waals surface area contributed by atoms with Gasteiger partial charge in [0.1, 0.15) is 12.2 Å². The Balaban J connectivity index is 1.59. The third kappa shape index (κ3) is 5.38. The van der Waals surface area contributed by atoms with Crippen molar-refractivity contribution >= 4 is 13.8 Å². The van der Waals surface area contributed by atoms with E-state index in [0.29, 0.717) is 12.8 Å². The molecule has 3 rings (SSSR count).